The van der Waals surface area contributed by atoms with Crippen molar-refractivity contribution in [2.75, 3.05) is 6.54 Å². The Bertz CT molecular complexity index is 716. The number of nitrogens with zero attached hydrogens (tertiary/aromatic N) is 2. The van der Waals surface area contributed by atoms with Gasteiger partial charge in [-0.05, 0) is 31.0 Å². The molecule has 108 valence electrons. The first-order chi connectivity index (χ1) is 10.3. The third-order valence-corrected chi connectivity index (χ3v) is 3.93. The summed E-state index contributed by atoms with van der Waals surface area (Å²) in [5.41, 5.74) is 9.46. The molecule has 2 N–H and O–H groups in total. The zero-order chi connectivity index (χ0) is 14.7. The number of imidazole rings is 1. The Balaban J connectivity index is 1.93. The van der Waals surface area contributed by atoms with Crippen LogP contribution < -0.4 is 5.73 Å². The summed E-state index contributed by atoms with van der Waals surface area (Å²) in [4.78, 5) is 4.80. The number of benzene rings is 2. The average Bonchev–Trinajstić information content (AvgIpc) is 2.91. The number of para-hydroxylation sites is 2. The van der Waals surface area contributed by atoms with Gasteiger partial charge in [-0.25, -0.2) is 4.98 Å². The second kappa shape index (κ2) is 6.10. The van der Waals surface area contributed by atoms with Crippen molar-refractivity contribution in [2.24, 2.45) is 5.73 Å². The van der Waals surface area contributed by atoms with Crippen molar-refractivity contribution in [2.45, 2.75) is 25.8 Å². The summed E-state index contributed by atoms with van der Waals surface area (Å²) >= 11 is 0. The van der Waals surface area contributed by atoms with E-state index in [1.807, 2.05) is 6.07 Å². The Hall–Kier alpha value is -2.13. The molecule has 3 rings (SSSR count). The van der Waals surface area contributed by atoms with E-state index in [2.05, 4.69) is 60.0 Å². The van der Waals surface area contributed by atoms with Crippen molar-refractivity contribution in [1.29, 1.82) is 0 Å². The molecule has 0 saturated carbocycles. The molecule has 1 atom stereocenters. The monoisotopic (exact) mass is 279 g/mol. The maximum Gasteiger partial charge on any atom is 0.110 e. The van der Waals surface area contributed by atoms with Gasteiger partial charge in [-0.1, -0.05) is 42.5 Å². The van der Waals surface area contributed by atoms with Crippen molar-refractivity contribution < 1.29 is 0 Å². The molecule has 2 aromatic carbocycles. The second-order valence-electron chi connectivity index (χ2n) is 5.46. The quantitative estimate of drug-likeness (QED) is 0.778. The van der Waals surface area contributed by atoms with Gasteiger partial charge in [0.05, 0.1) is 11.0 Å². The lowest BCUT2D eigenvalue weighted by molar-refractivity contribution is 0.546. The Morgan fingerprint density at radius 1 is 1.00 bits per heavy atom. The van der Waals surface area contributed by atoms with Crippen LogP contribution in [0.2, 0.25) is 0 Å². The molecule has 0 fully saturated rings. The number of hydrogen-bond acceptors (Lipinski definition) is 2. The molecule has 1 heterocycles. The van der Waals surface area contributed by atoms with E-state index in [0.29, 0.717) is 6.54 Å². The summed E-state index contributed by atoms with van der Waals surface area (Å²) in [7, 11) is 0. The molecule has 21 heavy (non-hydrogen) atoms. The molecule has 0 aliphatic carbocycles. The molecule has 3 heteroatoms. The van der Waals surface area contributed by atoms with Crippen molar-refractivity contribution in [3.05, 3.63) is 66.0 Å². The third-order valence-electron chi connectivity index (χ3n) is 3.93. The Morgan fingerprint density at radius 2 is 1.71 bits per heavy atom. The van der Waals surface area contributed by atoms with E-state index in [0.717, 1.165) is 24.2 Å². The second-order valence-corrected chi connectivity index (χ2v) is 5.46. The standard InChI is InChI=1S/C18H21N3/c1-14(13-19)21-17-10-6-5-9-16(17)20-18(21)12-11-15-7-3-2-4-8-15/h2-10,14H,11-13,19H2,1H3. The van der Waals surface area contributed by atoms with Crippen molar-refractivity contribution in [3.63, 3.8) is 0 Å². The average molecular weight is 279 g/mol. The summed E-state index contributed by atoms with van der Waals surface area (Å²) in [5, 5.41) is 0. The molecule has 1 aromatic heterocycles. The van der Waals surface area contributed by atoms with Crippen LogP contribution in [0.1, 0.15) is 24.4 Å². The highest BCUT2D eigenvalue weighted by atomic mass is 15.1. The zero-order valence-electron chi connectivity index (χ0n) is 12.4. The number of fused-ring (bicyclic) bond motifs is 1. The SMILES string of the molecule is CC(CN)n1c(CCc2ccccc2)nc2ccccc21. The molecule has 0 aliphatic rings. The van der Waals surface area contributed by atoms with Crippen LogP contribution >= 0.6 is 0 Å². The summed E-state index contributed by atoms with van der Waals surface area (Å²) in [5.74, 6) is 1.12. The summed E-state index contributed by atoms with van der Waals surface area (Å²) in [6.45, 7) is 2.78. The molecule has 0 spiro atoms. The molecule has 0 bridgehead atoms. The summed E-state index contributed by atoms with van der Waals surface area (Å²) < 4.78 is 2.29. The summed E-state index contributed by atoms with van der Waals surface area (Å²) in [6.07, 6.45) is 1.94. The van der Waals surface area contributed by atoms with Gasteiger partial charge in [-0.2, -0.15) is 0 Å². The first kappa shape index (κ1) is 13.8. The smallest absolute Gasteiger partial charge is 0.110 e. The van der Waals surface area contributed by atoms with Crippen LogP contribution in [0.15, 0.2) is 54.6 Å². The third kappa shape index (κ3) is 2.83. The highest BCUT2D eigenvalue weighted by Gasteiger charge is 2.14. The van der Waals surface area contributed by atoms with Crippen LogP contribution in [0.4, 0.5) is 0 Å². The fourth-order valence-corrected chi connectivity index (χ4v) is 2.77. The predicted octanol–water partition coefficient (Wildman–Crippen LogP) is 3.34. The molecule has 0 saturated heterocycles. The Morgan fingerprint density at radius 3 is 2.48 bits per heavy atom. The molecule has 3 aromatic rings. The van der Waals surface area contributed by atoms with Gasteiger partial charge in [-0.15, -0.1) is 0 Å². The number of nitrogens with two attached hydrogens (primary N) is 1. The highest BCUT2D eigenvalue weighted by molar-refractivity contribution is 5.76. The molecule has 0 radical (unpaired) electrons. The molecule has 3 nitrogen and oxygen atoms in total. The fraction of sp³-hybridized carbons (Fsp3) is 0.278. The number of aromatic nitrogens is 2. The van der Waals surface area contributed by atoms with E-state index in [1.165, 1.54) is 11.1 Å². The van der Waals surface area contributed by atoms with E-state index in [9.17, 15) is 0 Å². The lowest BCUT2D eigenvalue weighted by atomic mass is 10.1. The Labute approximate surface area is 125 Å². The summed E-state index contributed by atoms with van der Waals surface area (Å²) in [6, 6.07) is 19.1. The van der Waals surface area contributed by atoms with E-state index in [4.69, 9.17) is 10.7 Å². The Kier molecular flexibility index (Phi) is 4.02. The maximum atomic E-state index is 5.88. The first-order valence-corrected chi connectivity index (χ1v) is 7.49. The lowest BCUT2D eigenvalue weighted by Crippen LogP contribution is -2.18. The zero-order valence-corrected chi connectivity index (χ0v) is 12.4. The minimum absolute atomic E-state index is 0.267. The van der Waals surface area contributed by atoms with Crippen LogP contribution in [-0.2, 0) is 12.8 Å². The van der Waals surface area contributed by atoms with Gasteiger partial charge < -0.3 is 10.3 Å². The van der Waals surface area contributed by atoms with Gasteiger partial charge in [0.2, 0.25) is 0 Å². The molecular weight excluding hydrogens is 258 g/mol. The van der Waals surface area contributed by atoms with Crippen molar-refractivity contribution in [3.8, 4) is 0 Å². The first-order valence-electron chi connectivity index (χ1n) is 7.49. The van der Waals surface area contributed by atoms with Gasteiger partial charge in [0, 0.05) is 19.0 Å². The van der Waals surface area contributed by atoms with Gasteiger partial charge in [-0.3, -0.25) is 0 Å². The van der Waals surface area contributed by atoms with Gasteiger partial charge in [0.15, 0.2) is 0 Å². The van der Waals surface area contributed by atoms with Gasteiger partial charge in [0.25, 0.3) is 0 Å². The normalized spacial score (nSPS) is 12.7. The maximum absolute atomic E-state index is 5.88. The predicted molar refractivity (Wildman–Crippen MR) is 87.3 cm³/mol. The highest BCUT2D eigenvalue weighted by Crippen LogP contribution is 2.21. The van der Waals surface area contributed by atoms with Gasteiger partial charge in [0.1, 0.15) is 5.82 Å². The van der Waals surface area contributed by atoms with Crippen LogP contribution in [0, 0.1) is 0 Å². The molecular formula is C18H21N3. The molecule has 0 aliphatic heterocycles. The van der Waals surface area contributed by atoms with Crippen molar-refractivity contribution >= 4 is 11.0 Å². The van der Waals surface area contributed by atoms with E-state index < -0.39 is 0 Å². The van der Waals surface area contributed by atoms with Gasteiger partial charge >= 0.3 is 0 Å². The minimum atomic E-state index is 0.267. The fourth-order valence-electron chi connectivity index (χ4n) is 2.77. The lowest BCUT2D eigenvalue weighted by Gasteiger charge is -2.15. The van der Waals surface area contributed by atoms with E-state index in [1.54, 1.807) is 0 Å². The largest absolute Gasteiger partial charge is 0.328 e. The van der Waals surface area contributed by atoms with Crippen LogP contribution in [0.25, 0.3) is 11.0 Å². The van der Waals surface area contributed by atoms with Crippen molar-refractivity contribution in [1.82, 2.24) is 9.55 Å². The van der Waals surface area contributed by atoms with E-state index in [-0.39, 0.29) is 6.04 Å². The number of hydrogen-bond donors (Lipinski definition) is 1. The van der Waals surface area contributed by atoms with E-state index >= 15 is 0 Å². The number of aryl methyl sites for hydroxylation is 2. The topological polar surface area (TPSA) is 43.8 Å². The number of rotatable bonds is 5. The van der Waals surface area contributed by atoms with Crippen LogP contribution in [0.3, 0.4) is 0 Å². The van der Waals surface area contributed by atoms with Crippen LogP contribution in [-0.4, -0.2) is 16.1 Å². The molecule has 0 amide bonds. The minimum Gasteiger partial charge on any atom is -0.328 e. The van der Waals surface area contributed by atoms with Crippen LogP contribution in [0.5, 0.6) is 0 Å². The molecule has 1 unspecified atom stereocenters.